The van der Waals surface area contributed by atoms with E-state index < -0.39 is 0 Å². The topological polar surface area (TPSA) is 42.3 Å². The summed E-state index contributed by atoms with van der Waals surface area (Å²) in [5.74, 6) is 0.813. The molecule has 5 nitrogen and oxygen atoms in total. The average Bonchev–Trinajstić information content (AvgIpc) is 3.44. The third-order valence-corrected chi connectivity index (χ3v) is 6.22. The van der Waals surface area contributed by atoms with Crippen LogP contribution in [0, 0.1) is 6.92 Å². The summed E-state index contributed by atoms with van der Waals surface area (Å²) in [7, 11) is 1.67. The van der Waals surface area contributed by atoms with Gasteiger partial charge in [-0.05, 0) is 79.3 Å². The van der Waals surface area contributed by atoms with Crippen LogP contribution >= 0.6 is 12.2 Å². The first-order valence-corrected chi connectivity index (χ1v) is 11.0. The molecule has 6 heteroatoms. The molecule has 2 aromatic carbocycles. The van der Waals surface area contributed by atoms with Gasteiger partial charge in [0.05, 0.1) is 18.8 Å². The Balaban J connectivity index is 1.66. The van der Waals surface area contributed by atoms with Crippen LogP contribution in [0.15, 0.2) is 91.3 Å². The second kappa shape index (κ2) is 8.48. The number of benzene rings is 2. The quantitative estimate of drug-likeness (QED) is 0.423. The molecule has 0 amide bonds. The Labute approximate surface area is 193 Å². The van der Waals surface area contributed by atoms with Crippen molar-refractivity contribution in [2.24, 2.45) is 0 Å². The fourth-order valence-electron chi connectivity index (χ4n) is 4.36. The van der Waals surface area contributed by atoms with Crippen molar-refractivity contribution in [2.75, 3.05) is 12.0 Å². The van der Waals surface area contributed by atoms with Crippen LogP contribution in [-0.2, 0) is 0 Å². The molecular formula is C26H24N4OS. The number of methoxy groups -OCH3 is 1. The fraction of sp³-hybridized carbons (Fsp3) is 0.154. The molecule has 0 radical (unpaired) electrons. The van der Waals surface area contributed by atoms with Gasteiger partial charge in [0.1, 0.15) is 11.8 Å². The maximum absolute atomic E-state index is 5.84. The highest BCUT2D eigenvalue weighted by molar-refractivity contribution is 7.80. The van der Waals surface area contributed by atoms with Gasteiger partial charge in [0.2, 0.25) is 0 Å². The number of nitrogens with zero attached hydrogens (tertiary/aromatic N) is 3. The van der Waals surface area contributed by atoms with Gasteiger partial charge >= 0.3 is 0 Å². The minimum Gasteiger partial charge on any atom is -0.497 e. The monoisotopic (exact) mass is 440 g/mol. The van der Waals surface area contributed by atoms with Crippen LogP contribution in [0.1, 0.15) is 29.0 Å². The van der Waals surface area contributed by atoms with Gasteiger partial charge in [-0.25, -0.2) is 0 Å². The lowest BCUT2D eigenvalue weighted by Crippen LogP contribution is -2.30. The summed E-state index contributed by atoms with van der Waals surface area (Å²) >= 11 is 5.84. The molecule has 4 aromatic rings. The maximum atomic E-state index is 5.84. The Morgan fingerprint density at radius 2 is 1.72 bits per heavy atom. The van der Waals surface area contributed by atoms with Crippen LogP contribution in [0.5, 0.6) is 5.75 Å². The molecule has 1 N–H and O–H groups in total. The van der Waals surface area contributed by atoms with E-state index in [1.807, 2.05) is 48.7 Å². The molecule has 2 atom stereocenters. The van der Waals surface area contributed by atoms with Gasteiger partial charge < -0.3 is 19.5 Å². The van der Waals surface area contributed by atoms with Crippen LogP contribution in [-0.4, -0.2) is 21.8 Å². The number of hydrogen-bond donors (Lipinski definition) is 1. The van der Waals surface area contributed by atoms with Crippen molar-refractivity contribution >= 4 is 23.0 Å². The molecule has 1 saturated heterocycles. The molecule has 2 unspecified atom stereocenters. The highest BCUT2D eigenvalue weighted by Crippen LogP contribution is 2.42. The summed E-state index contributed by atoms with van der Waals surface area (Å²) in [5, 5.41) is 4.20. The van der Waals surface area contributed by atoms with Crippen molar-refractivity contribution in [3.05, 3.63) is 108 Å². The van der Waals surface area contributed by atoms with E-state index in [9.17, 15) is 0 Å². The average molecular weight is 441 g/mol. The smallest absolute Gasteiger partial charge is 0.174 e. The first-order valence-electron chi connectivity index (χ1n) is 10.6. The van der Waals surface area contributed by atoms with E-state index in [0.717, 1.165) is 28.5 Å². The standard InChI is InChI=1S/C26H24N4OS/c1-18-8-3-4-10-22(18)29-17-7-11-23(29)25-24(21-9-5-6-16-27-21)28-26(32)30(25)19-12-14-20(31-2)15-13-19/h3-17,24-25H,1-2H3,(H,28,32). The molecule has 32 heavy (non-hydrogen) atoms. The number of rotatable bonds is 5. The number of ether oxygens (including phenoxy) is 1. The molecule has 0 spiro atoms. The third kappa shape index (κ3) is 3.52. The Hall–Kier alpha value is -3.64. The lowest BCUT2D eigenvalue weighted by Gasteiger charge is -2.29. The summed E-state index contributed by atoms with van der Waals surface area (Å²) in [4.78, 5) is 6.83. The van der Waals surface area contributed by atoms with Crippen LogP contribution in [0.3, 0.4) is 0 Å². The van der Waals surface area contributed by atoms with Crippen LogP contribution in [0.25, 0.3) is 5.69 Å². The Bertz CT molecular complexity index is 1240. The number of para-hydroxylation sites is 1. The number of thiocarbonyl (C=S) groups is 1. The number of hydrogen-bond acceptors (Lipinski definition) is 3. The van der Waals surface area contributed by atoms with Crippen molar-refractivity contribution in [3.63, 3.8) is 0 Å². The minimum atomic E-state index is -0.0940. The number of pyridine rings is 1. The minimum absolute atomic E-state index is 0.0830. The summed E-state index contributed by atoms with van der Waals surface area (Å²) in [6, 6.07) is 26.5. The normalized spacial score (nSPS) is 17.9. The Kier molecular flexibility index (Phi) is 5.37. The molecule has 1 aliphatic heterocycles. The summed E-state index contributed by atoms with van der Waals surface area (Å²) < 4.78 is 7.61. The van der Waals surface area contributed by atoms with Crippen LogP contribution < -0.4 is 15.0 Å². The summed E-state index contributed by atoms with van der Waals surface area (Å²) in [5.41, 5.74) is 5.46. The molecular weight excluding hydrogens is 416 g/mol. The highest BCUT2D eigenvalue weighted by atomic mass is 32.1. The molecule has 0 aliphatic carbocycles. The predicted octanol–water partition coefficient (Wildman–Crippen LogP) is 5.37. The van der Waals surface area contributed by atoms with E-state index in [0.29, 0.717) is 5.11 Å². The predicted molar refractivity (Wildman–Crippen MR) is 131 cm³/mol. The largest absolute Gasteiger partial charge is 0.497 e. The molecule has 5 rings (SSSR count). The lowest BCUT2D eigenvalue weighted by molar-refractivity contribution is 0.415. The van der Waals surface area contributed by atoms with Gasteiger partial charge in [-0.3, -0.25) is 4.98 Å². The second-order valence-corrected chi connectivity index (χ2v) is 8.17. The van der Waals surface area contributed by atoms with E-state index in [4.69, 9.17) is 17.0 Å². The molecule has 1 aliphatic rings. The van der Waals surface area contributed by atoms with Crippen molar-refractivity contribution < 1.29 is 4.74 Å². The Morgan fingerprint density at radius 3 is 2.44 bits per heavy atom. The zero-order chi connectivity index (χ0) is 22.1. The molecule has 3 heterocycles. The summed E-state index contributed by atoms with van der Waals surface area (Å²) in [6.07, 6.45) is 3.94. The van der Waals surface area contributed by atoms with Gasteiger partial charge in [0.25, 0.3) is 0 Å². The Morgan fingerprint density at radius 1 is 0.938 bits per heavy atom. The molecule has 160 valence electrons. The van der Waals surface area contributed by atoms with Crippen molar-refractivity contribution in [1.82, 2.24) is 14.9 Å². The zero-order valence-electron chi connectivity index (χ0n) is 18.0. The number of nitrogens with one attached hydrogen (secondary N) is 1. The summed E-state index contributed by atoms with van der Waals surface area (Å²) in [6.45, 7) is 2.13. The van der Waals surface area contributed by atoms with Gasteiger partial charge in [-0.15, -0.1) is 0 Å². The molecule has 0 saturated carbocycles. The van der Waals surface area contributed by atoms with E-state index in [-0.39, 0.29) is 12.1 Å². The van der Waals surface area contributed by atoms with Gasteiger partial charge in [-0.2, -0.15) is 0 Å². The van der Waals surface area contributed by atoms with Crippen molar-refractivity contribution in [2.45, 2.75) is 19.0 Å². The molecule has 0 bridgehead atoms. The third-order valence-electron chi connectivity index (χ3n) is 5.91. The van der Waals surface area contributed by atoms with Crippen molar-refractivity contribution in [1.29, 1.82) is 0 Å². The second-order valence-electron chi connectivity index (χ2n) is 7.78. The van der Waals surface area contributed by atoms with E-state index in [1.165, 1.54) is 5.56 Å². The van der Waals surface area contributed by atoms with Gasteiger partial charge in [-0.1, -0.05) is 24.3 Å². The number of aromatic nitrogens is 2. The SMILES string of the molecule is COc1ccc(N2C(=S)NC(c3ccccn3)C2c2cccn2-c2ccccc2C)cc1. The molecule has 1 fully saturated rings. The molecule has 2 aromatic heterocycles. The van der Waals surface area contributed by atoms with Crippen molar-refractivity contribution in [3.8, 4) is 11.4 Å². The fourth-order valence-corrected chi connectivity index (χ4v) is 4.71. The first-order chi connectivity index (χ1) is 15.7. The number of aryl methyl sites for hydroxylation is 1. The highest BCUT2D eigenvalue weighted by Gasteiger charge is 2.42. The van der Waals surface area contributed by atoms with Crippen LogP contribution in [0.2, 0.25) is 0 Å². The zero-order valence-corrected chi connectivity index (χ0v) is 18.8. The van der Waals surface area contributed by atoms with E-state index >= 15 is 0 Å². The van der Waals surface area contributed by atoms with E-state index in [1.54, 1.807) is 7.11 Å². The van der Waals surface area contributed by atoms with E-state index in [2.05, 4.69) is 69.3 Å². The van der Waals surface area contributed by atoms with Gasteiger partial charge in [0.15, 0.2) is 5.11 Å². The van der Waals surface area contributed by atoms with Crippen LogP contribution in [0.4, 0.5) is 5.69 Å². The lowest BCUT2D eigenvalue weighted by atomic mass is 10.0. The number of anilines is 1. The maximum Gasteiger partial charge on any atom is 0.174 e. The first kappa shape index (κ1) is 20.3. The van der Waals surface area contributed by atoms with Gasteiger partial charge in [0, 0.05) is 29.5 Å².